The van der Waals surface area contributed by atoms with Crippen molar-refractivity contribution < 1.29 is 9.21 Å². The normalized spacial score (nSPS) is 13.2. The van der Waals surface area contributed by atoms with E-state index in [9.17, 15) is 4.79 Å². The first kappa shape index (κ1) is 23.7. The molecule has 0 aliphatic carbocycles. The second kappa shape index (κ2) is 10.2. The second-order valence-electron chi connectivity index (χ2n) is 8.41. The summed E-state index contributed by atoms with van der Waals surface area (Å²) in [6, 6.07) is 14.0. The quantitative estimate of drug-likeness (QED) is 0.419. The first-order chi connectivity index (χ1) is 16.1. The lowest BCUT2D eigenvalue weighted by Crippen LogP contribution is -2.31. The monoisotopic (exact) mass is 478 g/mol. The van der Waals surface area contributed by atoms with Crippen molar-refractivity contribution >= 4 is 18.3 Å². The lowest BCUT2D eigenvalue weighted by molar-refractivity contribution is 0.0768. The maximum atomic E-state index is 13.0. The molecule has 8 nitrogen and oxygen atoms in total. The van der Waals surface area contributed by atoms with Gasteiger partial charge in [-0.3, -0.25) is 14.7 Å². The third-order valence-electron chi connectivity index (χ3n) is 6.09. The molecular formula is C25H27ClN6O2. The van der Waals surface area contributed by atoms with Gasteiger partial charge in [0, 0.05) is 39.1 Å². The van der Waals surface area contributed by atoms with Gasteiger partial charge in [-0.05, 0) is 54.3 Å². The van der Waals surface area contributed by atoms with Gasteiger partial charge in [0.05, 0.1) is 24.2 Å². The third-order valence-corrected chi connectivity index (χ3v) is 6.09. The van der Waals surface area contributed by atoms with Crippen molar-refractivity contribution in [2.75, 3.05) is 13.6 Å². The molecule has 3 aromatic heterocycles. The molecule has 9 heteroatoms. The standard InChI is InChI=1S/C25H26N6O2.ClH/c1-18-24(25(32)29(2)17-21-8-5-13-33-21)27-28-31(18)23-9-3-7-20-16-30(12-10-22(20)23)15-19-6-4-11-26-14-19;/h3-9,11,13-14H,10,12,15-17H2,1-2H3;1H. The number of nitrogens with zero attached hydrogens (tertiary/aromatic N) is 6. The fourth-order valence-corrected chi connectivity index (χ4v) is 4.38. The summed E-state index contributed by atoms with van der Waals surface area (Å²) in [6.07, 6.45) is 6.24. The van der Waals surface area contributed by atoms with E-state index in [1.165, 1.54) is 16.7 Å². The van der Waals surface area contributed by atoms with Crippen LogP contribution in [0.2, 0.25) is 0 Å². The van der Waals surface area contributed by atoms with Gasteiger partial charge in [-0.25, -0.2) is 4.68 Å². The molecule has 0 saturated carbocycles. The number of fused-ring (bicyclic) bond motifs is 1. The molecular weight excluding hydrogens is 452 g/mol. The zero-order valence-electron chi connectivity index (χ0n) is 19.2. The number of benzene rings is 1. The fourth-order valence-electron chi connectivity index (χ4n) is 4.38. The number of pyridine rings is 1. The number of carbonyl (C=O) groups excluding carboxylic acids is 1. The second-order valence-corrected chi connectivity index (χ2v) is 8.41. The molecule has 0 fully saturated rings. The van der Waals surface area contributed by atoms with Crippen LogP contribution in [0.4, 0.5) is 0 Å². The topological polar surface area (TPSA) is 80.3 Å². The molecule has 0 atom stereocenters. The van der Waals surface area contributed by atoms with Crippen LogP contribution in [0.15, 0.2) is 65.5 Å². The Labute approximate surface area is 204 Å². The molecule has 5 rings (SSSR count). The van der Waals surface area contributed by atoms with Gasteiger partial charge < -0.3 is 9.32 Å². The maximum Gasteiger partial charge on any atom is 0.276 e. The summed E-state index contributed by atoms with van der Waals surface area (Å²) in [7, 11) is 1.74. The number of furan rings is 1. The van der Waals surface area contributed by atoms with Crippen LogP contribution >= 0.6 is 12.4 Å². The zero-order chi connectivity index (χ0) is 22.8. The van der Waals surface area contributed by atoms with Gasteiger partial charge in [-0.15, -0.1) is 17.5 Å². The highest BCUT2D eigenvalue weighted by Crippen LogP contribution is 2.27. The maximum absolute atomic E-state index is 13.0. The summed E-state index contributed by atoms with van der Waals surface area (Å²) in [5, 5.41) is 8.59. The molecule has 1 aliphatic heterocycles. The van der Waals surface area contributed by atoms with E-state index in [2.05, 4.69) is 38.4 Å². The molecule has 0 radical (unpaired) electrons. The van der Waals surface area contributed by atoms with Crippen LogP contribution in [0, 0.1) is 6.92 Å². The third kappa shape index (κ3) is 4.73. The van der Waals surface area contributed by atoms with Crippen LogP contribution < -0.4 is 0 Å². The highest BCUT2D eigenvalue weighted by Gasteiger charge is 2.25. The molecule has 0 saturated heterocycles. The van der Waals surface area contributed by atoms with Crippen molar-refractivity contribution in [2.45, 2.75) is 33.0 Å². The van der Waals surface area contributed by atoms with Crippen LogP contribution in [-0.4, -0.2) is 49.3 Å². The number of aromatic nitrogens is 4. The predicted molar refractivity (Wildman–Crippen MR) is 130 cm³/mol. The fraction of sp³-hybridized carbons (Fsp3) is 0.280. The van der Waals surface area contributed by atoms with Gasteiger partial charge in [-0.2, -0.15) is 0 Å². The molecule has 0 N–H and O–H groups in total. The van der Waals surface area contributed by atoms with Crippen LogP contribution in [-0.2, 0) is 26.1 Å². The Balaban J connectivity index is 0.00000274. The first-order valence-electron chi connectivity index (χ1n) is 11.0. The average molecular weight is 479 g/mol. The average Bonchev–Trinajstić information content (AvgIpc) is 3.48. The molecule has 1 aliphatic rings. The van der Waals surface area contributed by atoms with E-state index < -0.39 is 0 Å². The Bertz CT molecular complexity index is 1260. The number of hydrogen-bond donors (Lipinski definition) is 0. The summed E-state index contributed by atoms with van der Waals surface area (Å²) >= 11 is 0. The largest absolute Gasteiger partial charge is 0.467 e. The van der Waals surface area contributed by atoms with Gasteiger partial charge in [0.2, 0.25) is 0 Å². The van der Waals surface area contributed by atoms with Crippen molar-refractivity contribution in [2.24, 2.45) is 0 Å². The Kier molecular flexibility index (Phi) is 7.09. The number of amides is 1. The Morgan fingerprint density at radius 3 is 2.82 bits per heavy atom. The van der Waals surface area contributed by atoms with E-state index in [1.54, 1.807) is 29.1 Å². The Hall–Kier alpha value is -3.49. The van der Waals surface area contributed by atoms with Gasteiger partial charge in [0.1, 0.15) is 5.76 Å². The van der Waals surface area contributed by atoms with Crippen LogP contribution in [0.1, 0.15) is 38.6 Å². The summed E-state index contributed by atoms with van der Waals surface area (Å²) in [6.45, 7) is 4.96. The first-order valence-corrected chi connectivity index (χ1v) is 11.0. The van der Waals surface area contributed by atoms with E-state index in [1.807, 2.05) is 37.4 Å². The van der Waals surface area contributed by atoms with E-state index in [0.717, 1.165) is 43.2 Å². The Morgan fingerprint density at radius 1 is 1.18 bits per heavy atom. The number of carbonyl (C=O) groups is 1. The van der Waals surface area contributed by atoms with E-state index >= 15 is 0 Å². The Morgan fingerprint density at radius 2 is 2.06 bits per heavy atom. The molecule has 4 heterocycles. The predicted octanol–water partition coefficient (Wildman–Crippen LogP) is 3.82. The molecule has 0 bridgehead atoms. The van der Waals surface area contributed by atoms with E-state index in [-0.39, 0.29) is 18.3 Å². The highest BCUT2D eigenvalue weighted by molar-refractivity contribution is 5.93. The molecule has 4 aromatic rings. The smallest absolute Gasteiger partial charge is 0.276 e. The zero-order valence-corrected chi connectivity index (χ0v) is 20.0. The lowest BCUT2D eigenvalue weighted by Gasteiger charge is -2.30. The van der Waals surface area contributed by atoms with E-state index in [4.69, 9.17) is 4.42 Å². The summed E-state index contributed by atoms with van der Waals surface area (Å²) in [5.41, 5.74) is 5.83. The summed E-state index contributed by atoms with van der Waals surface area (Å²) in [4.78, 5) is 21.2. The summed E-state index contributed by atoms with van der Waals surface area (Å²) < 4.78 is 7.16. The van der Waals surface area contributed by atoms with Crippen LogP contribution in [0.5, 0.6) is 0 Å². The van der Waals surface area contributed by atoms with Crippen molar-refractivity contribution in [1.29, 1.82) is 0 Å². The van der Waals surface area contributed by atoms with Crippen molar-refractivity contribution in [1.82, 2.24) is 29.8 Å². The number of rotatable bonds is 6. The van der Waals surface area contributed by atoms with Crippen LogP contribution in [0.25, 0.3) is 5.69 Å². The van der Waals surface area contributed by atoms with E-state index in [0.29, 0.717) is 12.2 Å². The number of hydrogen-bond acceptors (Lipinski definition) is 6. The molecule has 0 unspecified atom stereocenters. The van der Waals surface area contributed by atoms with Crippen LogP contribution in [0.3, 0.4) is 0 Å². The van der Waals surface area contributed by atoms with Gasteiger partial charge in [0.15, 0.2) is 5.69 Å². The minimum absolute atomic E-state index is 0. The van der Waals surface area contributed by atoms with Gasteiger partial charge in [-0.1, -0.05) is 23.4 Å². The van der Waals surface area contributed by atoms with Gasteiger partial charge in [0.25, 0.3) is 5.91 Å². The molecule has 34 heavy (non-hydrogen) atoms. The highest BCUT2D eigenvalue weighted by atomic mass is 35.5. The number of halogens is 1. The van der Waals surface area contributed by atoms with Gasteiger partial charge >= 0.3 is 0 Å². The SMILES string of the molecule is Cc1c(C(=O)N(C)Cc2ccco2)nnn1-c1cccc2c1CCN(Cc1cccnc1)C2.Cl. The van der Waals surface area contributed by atoms with Crippen molar-refractivity contribution in [3.05, 3.63) is 95.0 Å². The summed E-state index contributed by atoms with van der Waals surface area (Å²) in [5.74, 6) is 0.548. The molecule has 176 valence electrons. The molecule has 1 aromatic carbocycles. The molecule has 1 amide bonds. The van der Waals surface area contributed by atoms with Crippen molar-refractivity contribution in [3.8, 4) is 5.69 Å². The van der Waals surface area contributed by atoms with Crippen molar-refractivity contribution in [3.63, 3.8) is 0 Å². The molecule has 0 spiro atoms. The minimum Gasteiger partial charge on any atom is -0.467 e. The minimum atomic E-state index is -0.178. The lowest BCUT2D eigenvalue weighted by atomic mass is 9.97.